The SMILES string of the molecule is O=C(c1ccccc1)n1[c-]c(-c2cccc3ccccc23)nn1.[Au+]. The summed E-state index contributed by atoms with van der Waals surface area (Å²) >= 11 is 0. The Bertz CT molecular complexity index is 990. The molecule has 0 unspecified atom stereocenters. The van der Waals surface area contributed by atoms with Crippen LogP contribution in [-0.4, -0.2) is 20.9 Å². The van der Waals surface area contributed by atoms with Crippen LogP contribution in [0.15, 0.2) is 72.8 Å². The van der Waals surface area contributed by atoms with Crippen molar-refractivity contribution in [3.05, 3.63) is 84.6 Å². The van der Waals surface area contributed by atoms with Gasteiger partial charge < -0.3 is 4.79 Å². The van der Waals surface area contributed by atoms with Crippen LogP contribution in [-0.2, 0) is 22.4 Å². The zero-order valence-electron chi connectivity index (χ0n) is 12.5. The number of aromatic nitrogens is 3. The molecule has 1 heterocycles. The van der Waals surface area contributed by atoms with Crippen molar-refractivity contribution < 1.29 is 27.2 Å². The maximum atomic E-state index is 12.4. The smallest absolute Gasteiger partial charge is 0.343 e. The van der Waals surface area contributed by atoms with Gasteiger partial charge in [0.2, 0.25) is 0 Å². The molecule has 0 N–H and O–H groups in total. The summed E-state index contributed by atoms with van der Waals surface area (Å²) in [6.07, 6.45) is 2.96. The first kappa shape index (κ1) is 16.3. The Morgan fingerprint density at radius 1 is 0.875 bits per heavy atom. The number of nitrogens with zero attached hydrogens (tertiary/aromatic N) is 3. The normalized spacial score (nSPS) is 10.3. The van der Waals surface area contributed by atoms with Gasteiger partial charge in [-0.3, -0.25) is 4.68 Å². The molecule has 0 bridgehead atoms. The van der Waals surface area contributed by atoms with E-state index >= 15 is 0 Å². The third-order valence-corrected chi connectivity index (χ3v) is 3.70. The zero-order chi connectivity index (χ0) is 15.6. The van der Waals surface area contributed by atoms with Crippen molar-refractivity contribution in [1.29, 1.82) is 0 Å². The summed E-state index contributed by atoms with van der Waals surface area (Å²) in [6.45, 7) is 0. The minimum atomic E-state index is -0.246. The van der Waals surface area contributed by atoms with E-state index in [4.69, 9.17) is 0 Å². The van der Waals surface area contributed by atoms with E-state index in [0.717, 1.165) is 21.0 Å². The molecule has 0 amide bonds. The number of carbonyl (C=O) groups is 1. The first-order valence-corrected chi connectivity index (χ1v) is 7.26. The van der Waals surface area contributed by atoms with Crippen molar-refractivity contribution in [1.82, 2.24) is 15.0 Å². The summed E-state index contributed by atoms with van der Waals surface area (Å²) in [7, 11) is 0. The van der Waals surface area contributed by atoms with Gasteiger partial charge in [0.25, 0.3) is 0 Å². The van der Waals surface area contributed by atoms with E-state index in [9.17, 15) is 4.79 Å². The van der Waals surface area contributed by atoms with Gasteiger partial charge in [-0.25, -0.2) is 0 Å². The molecule has 5 heteroatoms. The van der Waals surface area contributed by atoms with E-state index in [2.05, 4.69) is 16.5 Å². The predicted octanol–water partition coefficient (Wildman–Crippen LogP) is 3.58. The van der Waals surface area contributed by atoms with Crippen molar-refractivity contribution in [2.24, 2.45) is 0 Å². The minimum Gasteiger partial charge on any atom is -0.343 e. The van der Waals surface area contributed by atoms with Crippen LogP contribution in [0.25, 0.3) is 22.0 Å². The van der Waals surface area contributed by atoms with Crippen molar-refractivity contribution in [2.45, 2.75) is 0 Å². The van der Waals surface area contributed by atoms with Gasteiger partial charge >= 0.3 is 22.4 Å². The van der Waals surface area contributed by atoms with Crippen LogP contribution in [0, 0.1) is 6.20 Å². The van der Waals surface area contributed by atoms with E-state index in [1.807, 2.05) is 60.7 Å². The summed E-state index contributed by atoms with van der Waals surface area (Å²) in [5, 5.41) is 10.2. The second-order valence-corrected chi connectivity index (χ2v) is 5.16. The molecule has 0 aliphatic heterocycles. The monoisotopic (exact) mass is 495 g/mol. The molecular weight excluding hydrogens is 483 g/mol. The van der Waals surface area contributed by atoms with Crippen molar-refractivity contribution in [3.63, 3.8) is 0 Å². The van der Waals surface area contributed by atoms with Crippen LogP contribution in [0.2, 0.25) is 0 Å². The summed E-state index contributed by atoms with van der Waals surface area (Å²) in [5.74, 6) is -0.246. The average molecular weight is 495 g/mol. The summed E-state index contributed by atoms with van der Waals surface area (Å²) in [6, 6.07) is 23.0. The topological polar surface area (TPSA) is 47.8 Å². The van der Waals surface area contributed by atoms with Crippen molar-refractivity contribution in [3.8, 4) is 11.3 Å². The maximum Gasteiger partial charge on any atom is 1.00 e. The molecule has 24 heavy (non-hydrogen) atoms. The molecule has 0 fully saturated rings. The first-order valence-electron chi connectivity index (χ1n) is 7.26. The average Bonchev–Trinajstić information content (AvgIpc) is 3.11. The molecule has 0 atom stereocenters. The summed E-state index contributed by atoms with van der Waals surface area (Å²) in [5.41, 5.74) is 2.03. The Balaban J connectivity index is 0.00000169. The van der Waals surface area contributed by atoms with Gasteiger partial charge in [-0.1, -0.05) is 82.9 Å². The quantitative estimate of drug-likeness (QED) is 0.316. The molecule has 4 rings (SSSR count). The molecule has 0 saturated carbocycles. The third kappa shape index (κ3) is 2.95. The summed E-state index contributed by atoms with van der Waals surface area (Å²) in [4.78, 5) is 12.4. The van der Waals surface area contributed by atoms with Crippen LogP contribution in [0.4, 0.5) is 0 Å². The number of carbonyl (C=O) groups excluding carboxylic acids is 1. The number of fused-ring (bicyclic) bond motifs is 1. The van der Waals surface area contributed by atoms with Gasteiger partial charge in [-0.15, -0.1) is 6.07 Å². The Morgan fingerprint density at radius 3 is 2.42 bits per heavy atom. The molecule has 3 aromatic carbocycles. The Labute approximate surface area is 154 Å². The molecule has 0 saturated heterocycles. The van der Waals surface area contributed by atoms with E-state index in [-0.39, 0.29) is 28.3 Å². The Kier molecular flexibility index (Phi) is 4.71. The van der Waals surface area contributed by atoms with Crippen LogP contribution >= 0.6 is 0 Å². The molecule has 4 nitrogen and oxygen atoms in total. The fourth-order valence-corrected chi connectivity index (χ4v) is 2.57. The van der Waals surface area contributed by atoms with Crippen LogP contribution in [0.3, 0.4) is 0 Å². The molecule has 0 radical (unpaired) electrons. The van der Waals surface area contributed by atoms with Gasteiger partial charge in [0.1, 0.15) is 0 Å². The standard InChI is InChI=1S/C19H12N3O.Au/c23-19(15-8-2-1-3-9-15)22-13-18(20-21-22)17-12-6-10-14-7-4-5-11-16(14)17;/h1-12H;/q-1;+1. The van der Waals surface area contributed by atoms with Gasteiger partial charge in [-0.2, -0.15) is 5.10 Å². The molecule has 0 aliphatic carbocycles. The van der Waals surface area contributed by atoms with Gasteiger partial charge in [0, 0.05) is 5.69 Å². The molecule has 0 aliphatic rings. The minimum absolute atomic E-state index is 0. The van der Waals surface area contributed by atoms with Crippen LogP contribution in [0.5, 0.6) is 0 Å². The fraction of sp³-hybridized carbons (Fsp3) is 0. The zero-order valence-corrected chi connectivity index (χ0v) is 14.6. The second kappa shape index (κ2) is 6.93. The summed E-state index contributed by atoms with van der Waals surface area (Å²) < 4.78 is 1.16. The van der Waals surface area contributed by atoms with E-state index in [1.54, 1.807) is 12.1 Å². The number of hydrogen-bond acceptors (Lipinski definition) is 3. The largest absolute Gasteiger partial charge is 1.00 e. The van der Waals surface area contributed by atoms with Gasteiger partial charge in [0.05, 0.1) is 0 Å². The number of hydrogen-bond donors (Lipinski definition) is 0. The maximum absolute atomic E-state index is 12.4. The molecule has 1 aromatic heterocycles. The van der Waals surface area contributed by atoms with Crippen LogP contribution in [0.1, 0.15) is 10.4 Å². The number of rotatable bonds is 2. The van der Waals surface area contributed by atoms with E-state index in [1.165, 1.54) is 0 Å². The van der Waals surface area contributed by atoms with Crippen molar-refractivity contribution in [2.75, 3.05) is 0 Å². The molecule has 4 aromatic rings. The van der Waals surface area contributed by atoms with Crippen LogP contribution < -0.4 is 0 Å². The Morgan fingerprint density at radius 2 is 1.58 bits per heavy atom. The predicted molar refractivity (Wildman–Crippen MR) is 88.0 cm³/mol. The number of benzene rings is 3. The third-order valence-electron chi connectivity index (χ3n) is 3.70. The fourth-order valence-electron chi connectivity index (χ4n) is 2.57. The van der Waals surface area contributed by atoms with E-state index < -0.39 is 0 Å². The first-order chi connectivity index (χ1) is 11.3. The molecule has 120 valence electrons. The Hall–Kier alpha value is -2.53. The van der Waals surface area contributed by atoms with E-state index in [0.29, 0.717) is 11.3 Å². The van der Waals surface area contributed by atoms with Gasteiger partial charge in [-0.05, 0) is 17.1 Å². The van der Waals surface area contributed by atoms with Gasteiger partial charge in [0.15, 0.2) is 5.91 Å². The van der Waals surface area contributed by atoms with Crippen molar-refractivity contribution >= 4 is 16.7 Å². The molecular formula is C19H12AuN3O. The molecule has 0 spiro atoms. The second-order valence-electron chi connectivity index (χ2n) is 5.16.